The number of fused-ring (bicyclic) bond motifs is 1. The van der Waals surface area contributed by atoms with Crippen LogP contribution in [0.15, 0.2) is 33.8 Å². The van der Waals surface area contributed by atoms with Gasteiger partial charge >= 0.3 is 0 Å². The molecule has 0 atom stereocenters. The van der Waals surface area contributed by atoms with Crippen LogP contribution < -0.4 is 10.5 Å². The topological polar surface area (TPSA) is 81.0 Å². The molecule has 3 N–H and O–H groups in total. The number of benzene rings is 1. The quantitative estimate of drug-likeness (QED) is 0.380. The maximum Gasteiger partial charge on any atom is 0.272 e. The summed E-state index contributed by atoms with van der Waals surface area (Å²) in [5, 5.41) is 11.9. The zero-order chi connectivity index (χ0) is 13.1. The third kappa shape index (κ3) is 2.20. The molecular weight excluding hydrogens is 246 g/mol. The normalized spacial score (nSPS) is 12.3. The van der Waals surface area contributed by atoms with Crippen LogP contribution in [0.1, 0.15) is 5.76 Å². The van der Waals surface area contributed by atoms with Gasteiger partial charge in [0.05, 0.1) is 5.39 Å². The lowest BCUT2D eigenvalue weighted by molar-refractivity contribution is 0.0820. The summed E-state index contributed by atoms with van der Waals surface area (Å²) < 4.78 is 34.6. The summed E-state index contributed by atoms with van der Waals surface area (Å²) in [6.07, 6.45) is -2.63. The van der Waals surface area contributed by atoms with Crippen LogP contribution in [0, 0.1) is 0 Å². The van der Waals surface area contributed by atoms with Crippen molar-refractivity contribution in [1.82, 2.24) is 0 Å². The molecule has 0 saturated heterocycles. The Hall–Kier alpha value is -2.31. The van der Waals surface area contributed by atoms with E-state index in [4.69, 9.17) is 20.1 Å². The van der Waals surface area contributed by atoms with Gasteiger partial charge < -0.3 is 20.1 Å². The standard InChI is InChI=1S/C11H10F2N2O3/c12-8(13)5-17-9-6-3-1-2-4-7(6)18-10(9)11(14)15-16/h1-4,8,16H,5H2,(H2,14,15). The number of oxime groups is 1. The summed E-state index contributed by atoms with van der Waals surface area (Å²) in [4.78, 5) is 0. The Bertz CT molecular complexity index is 581. The Morgan fingerprint density at radius 3 is 2.83 bits per heavy atom. The van der Waals surface area contributed by atoms with E-state index in [2.05, 4.69) is 5.16 Å². The van der Waals surface area contributed by atoms with Crippen molar-refractivity contribution in [3.63, 3.8) is 0 Å². The van der Waals surface area contributed by atoms with Crippen molar-refractivity contribution in [2.24, 2.45) is 10.9 Å². The summed E-state index contributed by atoms with van der Waals surface area (Å²) in [5.74, 6) is -0.365. The van der Waals surface area contributed by atoms with Gasteiger partial charge in [-0.25, -0.2) is 8.78 Å². The maximum absolute atomic E-state index is 12.2. The number of furan rings is 1. The number of hydrogen-bond donors (Lipinski definition) is 2. The first kappa shape index (κ1) is 12.2. The second-order valence-corrected chi connectivity index (χ2v) is 3.44. The molecule has 5 nitrogen and oxygen atoms in total. The molecule has 0 aliphatic rings. The number of halogens is 2. The number of hydrogen-bond acceptors (Lipinski definition) is 4. The van der Waals surface area contributed by atoms with Crippen LogP contribution in [-0.4, -0.2) is 24.1 Å². The van der Waals surface area contributed by atoms with E-state index in [1.807, 2.05) is 0 Å². The van der Waals surface area contributed by atoms with Crippen molar-refractivity contribution in [1.29, 1.82) is 0 Å². The molecule has 0 spiro atoms. The molecule has 0 fully saturated rings. The molecule has 0 unspecified atom stereocenters. The summed E-state index contributed by atoms with van der Waals surface area (Å²) >= 11 is 0. The molecule has 2 rings (SSSR count). The predicted molar refractivity (Wildman–Crippen MR) is 60.2 cm³/mol. The number of para-hydroxylation sites is 1. The monoisotopic (exact) mass is 256 g/mol. The van der Waals surface area contributed by atoms with Gasteiger partial charge in [-0.15, -0.1) is 0 Å². The molecule has 0 radical (unpaired) electrons. The molecule has 7 heteroatoms. The van der Waals surface area contributed by atoms with Gasteiger partial charge in [0, 0.05) is 0 Å². The minimum absolute atomic E-state index is 0.0428. The number of ether oxygens (including phenoxy) is 1. The first-order chi connectivity index (χ1) is 8.63. The van der Waals surface area contributed by atoms with Crippen molar-refractivity contribution < 1.29 is 23.1 Å². The van der Waals surface area contributed by atoms with Crippen molar-refractivity contribution >= 4 is 16.8 Å². The van der Waals surface area contributed by atoms with Gasteiger partial charge in [-0.3, -0.25) is 0 Å². The Morgan fingerprint density at radius 2 is 2.17 bits per heavy atom. The highest BCUT2D eigenvalue weighted by Crippen LogP contribution is 2.33. The summed E-state index contributed by atoms with van der Waals surface area (Å²) in [7, 11) is 0. The maximum atomic E-state index is 12.2. The Balaban J connectivity index is 2.51. The lowest BCUT2D eigenvalue weighted by atomic mass is 10.2. The zero-order valence-corrected chi connectivity index (χ0v) is 9.14. The number of rotatable bonds is 4. The van der Waals surface area contributed by atoms with Gasteiger partial charge in [-0.1, -0.05) is 17.3 Å². The van der Waals surface area contributed by atoms with E-state index in [1.165, 1.54) is 0 Å². The van der Waals surface area contributed by atoms with Crippen LogP contribution in [0.25, 0.3) is 11.0 Å². The average molecular weight is 256 g/mol. The lowest BCUT2D eigenvalue weighted by Crippen LogP contribution is -2.15. The second kappa shape index (κ2) is 4.91. The minimum atomic E-state index is -2.63. The van der Waals surface area contributed by atoms with Crippen LogP contribution >= 0.6 is 0 Å². The van der Waals surface area contributed by atoms with Crippen LogP contribution in [-0.2, 0) is 0 Å². The molecular formula is C11H10F2N2O3. The van der Waals surface area contributed by atoms with Crippen molar-refractivity contribution in [3.8, 4) is 5.75 Å². The van der Waals surface area contributed by atoms with Crippen LogP contribution in [0.5, 0.6) is 5.75 Å². The first-order valence-electron chi connectivity index (χ1n) is 5.04. The second-order valence-electron chi connectivity index (χ2n) is 3.44. The van der Waals surface area contributed by atoms with Gasteiger partial charge in [-0.2, -0.15) is 0 Å². The molecule has 0 bridgehead atoms. The Labute approximate surface area is 100 Å². The first-order valence-corrected chi connectivity index (χ1v) is 5.04. The summed E-state index contributed by atoms with van der Waals surface area (Å²) in [6, 6.07) is 6.66. The number of nitrogens with two attached hydrogens (primary N) is 1. The van der Waals surface area contributed by atoms with Gasteiger partial charge in [0.25, 0.3) is 6.43 Å². The fraction of sp³-hybridized carbons (Fsp3) is 0.182. The van der Waals surface area contributed by atoms with Crippen molar-refractivity contribution in [3.05, 3.63) is 30.0 Å². The third-order valence-electron chi connectivity index (χ3n) is 2.24. The smallest absolute Gasteiger partial charge is 0.272 e. The molecule has 1 aromatic heterocycles. The number of nitrogens with zero attached hydrogens (tertiary/aromatic N) is 1. The Morgan fingerprint density at radius 1 is 1.44 bits per heavy atom. The summed E-state index contributed by atoms with van der Waals surface area (Å²) in [5.41, 5.74) is 5.81. The SMILES string of the molecule is N/C(=N/O)c1oc2ccccc2c1OCC(F)F. The minimum Gasteiger partial charge on any atom is -0.483 e. The molecule has 0 saturated carbocycles. The van der Waals surface area contributed by atoms with Gasteiger partial charge in [0.1, 0.15) is 12.2 Å². The zero-order valence-electron chi connectivity index (χ0n) is 9.14. The van der Waals surface area contributed by atoms with E-state index in [1.54, 1.807) is 24.3 Å². The van der Waals surface area contributed by atoms with E-state index in [0.29, 0.717) is 11.0 Å². The molecule has 0 amide bonds. The van der Waals surface area contributed by atoms with E-state index in [0.717, 1.165) is 0 Å². The molecule has 1 aromatic carbocycles. The Kier molecular flexibility index (Phi) is 3.31. The van der Waals surface area contributed by atoms with Crippen LogP contribution in [0.3, 0.4) is 0 Å². The van der Waals surface area contributed by atoms with Crippen molar-refractivity contribution in [2.45, 2.75) is 6.43 Å². The summed E-state index contributed by atoms with van der Waals surface area (Å²) in [6.45, 7) is -0.796. The average Bonchev–Trinajstić information content (AvgIpc) is 2.74. The highest BCUT2D eigenvalue weighted by atomic mass is 19.3. The number of amidine groups is 1. The largest absolute Gasteiger partial charge is 0.483 e. The lowest BCUT2D eigenvalue weighted by Gasteiger charge is -2.04. The fourth-order valence-electron chi connectivity index (χ4n) is 1.53. The molecule has 96 valence electrons. The van der Waals surface area contributed by atoms with E-state index in [9.17, 15) is 8.78 Å². The fourth-order valence-corrected chi connectivity index (χ4v) is 1.53. The molecule has 0 aliphatic heterocycles. The van der Waals surface area contributed by atoms with E-state index in [-0.39, 0.29) is 17.3 Å². The van der Waals surface area contributed by atoms with Gasteiger partial charge in [0.2, 0.25) is 11.6 Å². The van der Waals surface area contributed by atoms with Crippen LogP contribution in [0.4, 0.5) is 8.78 Å². The van der Waals surface area contributed by atoms with Crippen molar-refractivity contribution in [2.75, 3.05) is 6.61 Å². The van der Waals surface area contributed by atoms with Gasteiger partial charge in [-0.05, 0) is 12.1 Å². The highest BCUT2D eigenvalue weighted by molar-refractivity contribution is 6.03. The van der Waals surface area contributed by atoms with Gasteiger partial charge in [0.15, 0.2) is 5.75 Å². The molecule has 18 heavy (non-hydrogen) atoms. The van der Waals surface area contributed by atoms with E-state index < -0.39 is 13.0 Å². The third-order valence-corrected chi connectivity index (χ3v) is 2.24. The molecule has 2 aromatic rings. The molecule has 1 heterocycles. The van der Waals surface area contributed by atoms with E-state index >= 15 is 0 Å². The number of alkyl halides is 2. The predicted octanol–water partition coefficient (Wildman–Crippen LogP) is 2.17. The highest BCUT2D eigenvalue weighted by Gasteiger charge is 2.20. The molecule has 0 aliphatic carbocycles. The van der Waals surface area contributed by atoms with Crippen LogP contribution in [0.2, 0.25) is 0 Å².